The van der Waals surface area contributed by atoms with E-state index in [9.17, 15) is 4.79 Å². The van der Waals surface area contributed by atoms with Crippen LogP contribution in [0.1, 0.15) is 0 Å². The molecule has 112 valence electrons. The Kier molecular flexibility index (Phi) is 3.84. The minimum absolute atomic E-state index is 0.0653. The number of benzene rings is 1. The Hall–Kier alpha value is -2.73. The van der Waals surface area contributed by atoms with Gasteiger partial charge in [-0.1, -0.05) is 12.1 Å². The van der Waals surface area contributed by atoms with Crippen LogP contribution in [0, 0.1) is 0 Å². The third-order valence-corrected chi connectivity index (χ3v) is 3.32. The molecule has 2 aromatic heterocycles. The number of hydrogen-bond donors (Lipinski definition) is 1. The summed E-state index contributed by atoms with van der Waals surface area (Å²) < 4.78 is 6.73. The van der Waals surface area contributed by atoms with Crippen LogP contribution in [0.5, 0.6) is 5.88 Å². The van der Waals surface area contributed by atoms with E-state index < -0.39 is 0 Å². The monoisotopic (exact) mass is 297 g/mol. The van der Waals surface area contributed by atoms with E-state index in [4.69, 9.17) is 9.84 Å². The Balaban J connectivity index is 2.06. The van der Waals surface area contributed by atoms with Gasteiger partial charge in [-0.05, 0) is 18.2 Å². The van der Waals surface area contributed by atoms with E-state index in [1.807, 2.05) is 18.2 Å². The number of pyridine rings is 1. The fourth-order valence-electron chi connectivity index (χ4n) is 2.22. The maximum atomic E-state index is 12.4. The van der Waals surface area contributed by atoms with Crippen molar-refractivity contribution in [1.82, 2.24) is 14.5 Å². The van der Waals surface area contributed by atoms with Crippen molar-refractivity contribution in [3.8, 4) is 17.3 Å². The standard InChI is InChI=1S/C16H15N3O3/c1-19-15(11-6-7-14(17-10-11)22-9-8-20)18-13-5-3-2-4-12(13)16(19)21/h2-7,10,20H,8-9H2,1H3. The fourth-order valence-corrected chi connectivity index (χ4v) is 2.22. The summed E-state index contributed by atoms with van der Waals surface area (Å²) in [6.07, 6.45) is 1.60. The molecule has 0 atom stereocenters. The van der Waals surface area contributed by atoms with E-state index in [1.165, 1.54) is 4.57 Å². The lowest BCUT2D eigenvalue weighted by atomic mass is 10.2. The van der Waals surface area contributed by atoms with E-state index in [0.29, 0.717) is 22.6 Å². The summed E-state index contributed by atoms with van der Waals surface area (Å²) in [6.45, 7) is 0.128. The van der Waals surface area contributed by atoms with Crippen LogP contribution in [0.3, 0.4) is 0 Å². The first-order chi connectivity index (χ1) is 10.7. The molecule has 0 aliphatic carbocycles. The van der Waals surface area contributed by atoms with E-state index in [-0.39, 0.29) is 18.8 Å². The molecule has 6 nitrogen and oxygen atoms in total. The maximum Gasteiger partial charge on any atom is 0.261 e. The van der Waals surface area contributed by atoms with Gasteiger partial charge in [0.2, 0.25) is 5.88 Å². The van der Waals surface area contributed by atoms with Gasteiger partial charge in [0.05, 0.1) is 17.5 Å². The SMILES string of the molecule is Cn1c(-c2ccc(OCCO)nc2)nc2ccccc2c1=O. The molecular weight excluding hydrogens is 282 g/mol. The van der Waals surface area contributed by atoms with Crippen LogP contribution in [0.2, 0.25) is 0 Å². The molecule has 3 rings (SSSR count). The molecule has 0 saturated heterocycles. The molecule has 0 aliphatic rings. The van der Waals surface area contributed by atoms with Crippen LogP contribution < -0.4 is 10.3 Å². The first-order valence-corrected chi connectivity index (χ1v) is 6.86. The van der Waals surface area contributed by atoms with E-state index in [2.05, 4.69) is 9.97 Å². The second kappa shape index (κ2) is 5.95. The van der Waals surface area contributed by atoms with Crippen molar-refractivity contribution in [3.63, 3.8) is 0 Å². The lowest BCUT2D eigenvalue weighted by Gasteiger charge is -2.09. The predicted molar refractivity (Wildman–Crippen MR) is 82.8 cm³/mol. The van der Waals surface area contributed by atoms with Crippen LogP contribution in [0.4, 0.5) is 0 Å². The number of fused-ring (bicyclic) bond motifs is 1. The van der Waals surface area contributed by atoms with Crippen LogP contribution in [-0.2, 0) is 7.05 Å². The molecule has 0 bridgehead atoms. The van der Waals surface area contributed by atoms with Gasteiger partial charge in [0, 0.05) is 24.9 Å². The maximum absolute atomic E-state index is 12.4. The van der Waals surface area contributed by atoms with Crippen molar-refractivity contribution >= 4 is 10.9 Å². The second-order valence-corrected chi connectivity index (χ2v) is 4.77. The lowest BCUT2D eigenvalue weighted by Crippen LogP contribution is -2.20. The van der Waals surface area contributed by atoms with Crippen molar-refractivity contribution < 1.29 is 9.84 Å². The highest BCUT2D eigenvalue weighted by Gasteiger charge is 2.10. The van der Waals surface area contributed by atoms with Crippen molar-refractivity contribution in [1.29, 1.82) is 0 Å². The number of aliphatic hydroxyl groups is 1. The highest BCUT2D eigenvalue weighted by Crippen LogP contribution is 2.19. The minimum atomic E-state index is -0.0961. The quantitative estimate of drug-likeness (QED) is 0.787. The average molecular weight is 297 g/mol. The summed E-state index contributed by atoms with van der Waals surface area (Å²) in [5.41, 5.74) is 1.28. The molecule has 0 saturated carbocycles. The zero-order valence-electron chi connectivity index (χ0n) is 12.1. The third kappa shape index (κ3) is 2.56. The summed E-state index contributed by atoms with van der Waals surface area (Å²) >= 11 is 0. The number of aliphatic hydroxyl groups excluding tert-OH is 1. The Bertz CT molecular complexity index is 857. The average Bonchev–Trinajstić information content (AvgIpc) is 2.57. The largest absolute Gasteiger partial charge is 0.475 e. The van der Waals surface area contributed by atoms with E-state index >= 15 is 0 Å². The second-order valence-electron chi connectivity index (χ2n) is 4.77. The molecule has 0 unspecified atom stereocenters. The predicted octanol–water partition coefficient (Wildman–Crippen LogP) is 1.37. The summed E-state index contributed by atoms with van der Waals surface area (Å²) in [5, 5.41) is 9.31. The molecule has 0 fully saturated rings. The van der Waals surface area contributed by atoms with Gasteiger partial charge in [-0.3, -0.25) is 9.36 Å². The van der Waals surface area contributed by atoms with Crippen molar-refractivity contribution in [2.24, 2.45) is 7.05 Å². The van der Waals surface area contributed by atoms with Crippen LogP contribution >= 0.6 is 0 Å². The van der Waals surface area contributed by atoms with Crippen molar-refractivity contribution in [2.75, 3.05) is 13.2 Å². The highest BCUT2D eigenvalue weighted by molar-refractivity contribution is 5.79. The first-order valence-electron chi connectivity index (χ1n) is 6.86. The molecule has 3 aromatic rings. The number of rotatable bonds is 4. The molecule has 2 heterocycles. The van der Waals surface area contributed by atoms with Crippen molar-refractivity contribution in [2.45, 2.75) is 0 Å². The van der Waals surface area contributed by atoms with Gasteiger partial charge in [-0.25, -0.2) is 9.97 Å². The fraction of sp³-hybridized carbons (Fsp3) is 0.188. The number of nitrogens with zero attached hydrogens (tertiary/aromatic N) is 3. The molecule has 0 amide bonds. The summed E-state index contributed by atoms with van der Waals surface area (Å²) in [6, 6.07) is 10.7. The molecule has 0 aliphatic heterocycles. The lowest BCUT2D eigenvalue weighted by molar-refractivity contribution is 0.196. The minimum Gasteiger partial charge on any atom is -0.475 e. The molecule has 22 heavy (non-hydrogen) atoms. The Morgan fingerprint density at radius 2 is 2.05 bits per heavy atom. The van der Waals surface area contributed by atoms with Gasteiger partial charge in [-0.2, -0.15) is 0 Å². The van der Waals surface area contributed by atoms with E-state index in [0.717, 1.165) is 5.56 Å². The van der Waals surface area contributed by atoms with E-state index in [1.54, 1.807) is 31.4 Å². The van der Waals surface area contributed by atoms with Gasteiger partial charge < -0.3 is 9.84 Å². The molecule has 0 radical (unpaired) electrons. The third-order valence-electron chi connectivity index (χ3n) is 3.32. The smallest absolute Gasteiger partial charge is 0.261 e. The Morgan fingerprint density at radius 1 is 1.23 bits per heavy atom. The van der Waals surface area contributed by atoms with Crippen LogP contribution in [-0.4, -0.2) is 32.9 Å². The van der Waals surface area contributed by atoms with Gasteiger partial charge >= 0.3 is 0 Å². The van der Waals surface area contributed by atoms with Gasteiger partial charge in [0.15, 0.2) is 0 Å². The highest BCUT2D eigenvalue weighted by atomic mass is 16.5. The number of aromatic nitrogens is 3. The normalized spacial score (nSPS) is 10.8. The molecule has 6 heteroatoms. The number of para-hydroxylation sites is 1. The zero-order valence-corrected chi connectivity index (χ0v) is 12.1. The Morgan fingerprint density at radius 3 is 2.77 bits per heavy atom. The number of ether oxygens (including phenoxy) is 1. The van der Waals surface area contributed by atoms with Gasteiger partial charge in [0.25, 0.3) is 5.56 Å². The topological polar surface area (TPSA) is 77.2 Å². The van der Waals surface area contributed by atoms with Crippen molar-refractivity contribution in [3.05, 3.63) is 52.9 Å². The van der Waals surface area contributed by atoms with Crippen LogP contribution in [0.25, 0.3) is 22.3 Å². The zero-order chi connectivity index (χ0) is 15.5. The Labute approximate surface area is 126 Å². The summed E-state index contributed by atoms with van der Waals surface area (Å²) in [7, 11) is 1.69. The molecule has 1 N–H and O–H groups in total. The molecular formula is C16H15N3O3. The van der Waals surface area contributed by atoms with Crippen LogP contribution in [0.15, 0.2) is 47.4 Å². The van der Waals surface area contributed by atoms with Gasteiger partial charge in [0.1, 0.15) is 12.4 Å². The molecule has 1 aromatic carbocycles. The number of hydrogen-bond acceptors (Lipinski definition) is 5. The first kappa shape index (κ1) is 14.2. The summed E-state index contributed by atoms with van der Waals surface area (Å²) in [5.74, 6) is 0.966. The summed E-state index contributed by atoms with van der Waals surface area (Å²) in [4.78, 5) is 21.1. The van der Waals surface area contributed by atoms with Gasteiger partial charge in [-0.15, -0.1) is 0 Å². The molecule has 0 spiro atoms.